The first kappa shape index (κ1) is 17.3. The van der Waals surface area contributed by atoms with Crippen LogP contribution in [0.25, 0.3) is 0 Å². The number of benzene rings is 2. The Morgan fingerprint density at radius 2 is 1.19 bits per heavy atom. The van der Waals surface area contributed by atoms with Crippen LogP contribution in [-0.2, 0) is 12.8 Å². The molecule has 114 valence electrons. The van der Waals surface area contributed by atoms with E-state index in [-0.39, 0.29) is 0 Å². The predicted octanol–water partition coefficient (Wildman–Crippen LogP) is 6.36. The molecule has 0 atom stereocenters. The van der Waals surface area contributed by atoms with Crippen LogP contribution in [0, 0.1) is 0 Å². The second kappa shape index (κ2) is 10.0. The van der Waals surface area contributed by atoms with Crippen molar-refractivity contribution in [2.45, 2.75) is 53.4 Å². The summed E-state index contributed by atoms with van der Waals surface area (Å²) in [6.07, 6.45) is 4.80. The standard InChI is InChI=1S/C18H23N.C2H6/c1-3-5-6-16-9-13-18(14-10-16)19-17-11-7-15(4-2)8-12-17;1-2/h7-14,19H,3-6H2,1-2H3;1-2H3. The van der Waals surface area contributed by atoms with Crippen LogP contribution in [0.2, 0.25) is 0 Å². The first-order chi connectivity index (χ1) is 10.3. The maximum atomic E-state index is 3.44. The quantitative estimate of drug-likeness (QED) is 0.650. The Balaban J connectivity index is 0.00000106. The molecule has 0 heterocycles. The molecule has 0 fully saturated rings. The smallest absolute Gasteiger partial charge is 0.0384 e. The Labute approximate surface area is 130 Å². The average Bonchev–Trinajstić information content (AvgIpc) is 2.57. The fraction of sp³-hybridized carbons (Fsp3) is 0.400. The van der Waals surface area contributed by atoms with E-state index in [9.17, 15) is 0 Å². The fourth-order valence-corrected chi connectivity index (χ4v) is 2.13. The second-order valence-electron chi connectivity index (χ2n) is 4.98. The topological polar surface area (TPSA) is 12.0 Å². The molecule has 0 unspecified atom stereocenters. The monoisotopic (exact) mass is 283 g/mol. The molecule has 1 nitrogen and oxygen atoms in total. The van der Waals surface area contributed by atoms with E-state index in [1.165, 1.54) is 30.4 Å². The fourth-order valence-electron chi connectivity index (χ4n) is 2.13. The maximum Gasteiger partial charge on any atom is 0.0384 e. The minimum absolute atomic E-state index is 1.09. The van der Waals surface area contributed by atoms with E-state index in [0.717, 1.165) is 17.8 Å². The third-order valence-electron chi connectivity index (χ3n) is 3.42. The van der Waals surface area contributed by atoms with Gasteiger partial charge in [0, 0.05) is 11.4 Å². The van der Waals surface area contributed by atoms with E-state index in [1.54, 1.807) is 0 Å². The van der Waals surface area contributed by atoms with Crippen LogP contribution in [0.4, 0.5) is 11.4 Å². The van der Waals surface area contributed by atoms with Gasteiger partial charge in [0.05, 0.1) is 0 Å². The van der Waals surface area contributed by atoms with Crippen LogP contribution in [0.3, 0.4) is 0 Å². The lowest BCUT2D eigenvalue weighted by atomic mass is 10.1. The van der Waals surface area contributed by atoms with Crippen molar-refractivity contribution >= 4 is 11.4 Å². The van der Waals surface area contributed by atoms with E-state index in [1.807, 2.05) is 13.8 Å². The van der Waals surface area contributed by atoms with Crippen molar-refractivity contribution in [1.82, 2.24) is 0 Å². The molecule has 2 aromatic carbocycles. The largest absolute Gasteiger partial charge is 0.356 e. The van der Waals surface area contributed by atoms with Gasteiger partial charge in [-0.25, -0.2) is 0 Å². The van der Waals surface area contributed by atoms with Crippen LogP contribution in [-0.4, -0.2) is 0 Å². The summed E-state index contributed by atoms with van der Waals surface area (Å²) >= 11 is 0. The molecule has 21 heavy (non-hydrogen) atoms. The second-order valence-corrected chi connectivity index (χ2v) is 4.98. The van der Waals surface area contributed by atoms with Gasteiger partial charge in [-0.3, -0.25) is 0 Å². The van der Waals surface area contributed by atoms with Crippen molar-refractivity contribution in [3.63, 3.8) is 0 Å². The van der Waals surface area contributed by atoms with Crippen molar-refractivity contribution in [1.29, 1.82) is 0 Å². The zero-order valence-electron chi connectivity index (χ0n) is 13.9. The lowest BCUT2D eigenvalue weighted by molar-refractivity contribution is 0.795. The SMILES string of the molecule is CC.CCCCc1ccc(Nc2ccc(CC)cc2)cc1. The Kier molecular flexibility index (Phi) is 8.27. The van der Waals surface area contributed by atoms with E-state index >= 15 is 0 Å². The molecule has 2 aromatic rings. The lowest BCUT2D eigenvalue weighted by Gasteiger charge is -2.08. The minimum Gasteiger partial charge on any atom is -0.356 e. The molecular weight excluding hydrogens is 254 g/mol. The Bertz CT molecular complexity index is 482. The molecule has 1 N–H and O–H groups in total. The Morgan fingerprint density at radius 1 is 0.714 bits per heavy atom. The predicted molar refractivity (Wildman–Crippen MR) is 95.5 cm³/mol. The number of anilines is 2. The maximum absolute atomic E-state index is 3.44. The van der Waals surface area contributed by atoms with Gasteiger partial charge in [-0.2, -0.15) is 0 Å². The van der Waals surface area contributed by atoms with Crippen molar-refractivity contribution in [3.8, 4) is 0 Å². The number of unbranched alkanes of at least 4 members (excludes halogenated alkanes) is 1. The van der Waals surface area contributed by atoms with E-state index in [2.05, 4.69) is 67.7 Å². The van der Waals surface area contributed by atoms with Gasteiger partial charge >= 0.3 is 0 Å². The number of aryl methyl sites for hydroxylation is 2. The Hall–Kier alpha value is -1.76. The zero-order chi connectivity index (χ0) is 15.5. The average molecular weight is 283 g/mol. The molecule has 0 aliphatic heterocycles. The molecule has 0 amide bonds. The van der Waals surface area contributed by atoms with Crippen molar-refractivity contribution in [2.24, 2.45) is 0 Å². The first-order valence-corrected chi connectivity index (χ1v) is 8.26. The van der Waals surface area contributed by atoms with Crippen LogP contribution in [0.15, 0.2) is 48.5 Å². The highest BCUT2D eigenvalue weighted by atomic mass is 14.9. The molecule has 1 heteroatoms. The van der Waals surface area contributed by atoms with Gasteiger partial charge < -0.3 is 5.32 Å². The summed E-state index contributed by atoms with van der Waals surface area (Å²) in [6.45, 7) is 8.41. The molecule has 0 bridgehead atoms. The van der Waals surface area contributed by atoms with E-state index < -0.39 is 0 Å². The van der Waals surface area contributed by atoms with Crippen molar-refractivity contribution in [3.05, 3.63) is 59.7 Å². The summed E-state index contributed by atoms with van der Waals surface area (Å²) in [5.41, 5.74) is 5.11. The highest BCUT2D eigenvalue weighted by Gasteiger charge is 1.96. The van der Waals surface area contributed by atoms with Gasteiger partial charge in [-0.15, -0.1) is 0 Å². The van der Waals surface area contributed by atoms with Crippen LogP contribution in [0.1, 0.15) is 51.7 Å². The molecule has 0 saturated carbocycles. The van der Waals surface area contributed by atoms with Gasteiger partial charge in [-0.05, 0) is 54.7 Å². The summed E-state index contributed by atoms with van der Waals surface area (Å²) in [7, 11) is 0. The van der Waals surface area contributed by atoms with Gasteiger partial charge in [0.15, 0.2) is 0 Å². The van der Waals surface area contributed by atoms with E-state index in [4.69, 9.17) is 0 Å². The lowest BCUT2D eigenvalue weighted by Crippen LogP contribution is -1.91. The van der Waals surface area contributed by atoms with Crippen molar-refractivity contribution < 1.29 is 0 Å². The Morgan fingerprint density at radius 3 is 1.62 bits per heavy atom. The molecule has 0 aliphatic carbocycles. The summed E-state index contributed by atoms with van der Waals surface area (Å²) in [6, 6.07) is 17.4. The first-order valence-electron chi connectivity index (χ1n) is 8.26. The van der Waals surface area contributed by atoms with Gasteiger partial charge in [0.25, 0.3) is 0 Å². The van der Waals surface area contributed by atoms with Crippen LogP contribution in [0.5, 0.6) is 0 Å². The molecule has 0 aromatic heterocycles. The van der Waals surface area contributed by atoms with E-state index in [0.29, 0.717) is 0 Å². The van der Waals surface area contributed by atoms with Crippen LogP contribution >= 0.6 is 0 Å². The number of nitrogens with one attached hydrogen (secondary N) is 1. The normalized spacial score (nSPS) is 9.71. The highest BCUT2D eigenvalue weighted by molar-refractivity contribution is 5.60. The number of rotatable bonds is 6. The van der Waals surface area contributed by atoms with Crippen molar-refractivity contribution in [2.75, 3.05) is 5.32 Å². The summed E-state index contributed by atoms with van der Waals surface area (Å²) in [4.78, 5) is 0. The molecule has 0 radical (unpaired) electrons. The molecule has 2 rings (SSSR count). The molecule has 0 aliphatic rings. The highest BCUT2D eigenvalue weighted by Crippen LogP contribution is 2.18. The third kappa shape index (κ3) is 6.03. The van der Waals surface area contributed by atoms with Crippen LogP contribution < -0.4 is 5.32 Å². The molecule has 0 spiro atoms. The zero-order valence-corrected chi connectivity index (χ0v) is 13.9. The molecule has 0 saturated heterocycles. The summed E-state index contributed by atoms with van der Waals surface area (Å²) < 4.78 is 0. The summed E-state index contributed by atoms with van der Waals surface area (Å²) in [5.74, 6) is 0. The summed E-state index contributed by atoms with van der Waals surface area (Å²) in [5, 5.41) is 3.44. The van der Waals surface area contributed by atoms with Gasteiger partial charge in [0.2, 0.25) is 0 Å². The van der Waals surface area contributed by atoms with Gasteiger partial charge in [-0.1, -0.05) is 58.4 Å². The minimum atomic E-state index is 1.09. The number of hydrogen-bond donors (Lipinski definition) is 1. The number of hydrogen-bond acceptors (Lipinski definition) is 1. The third-order valence-corrected chi connectivity index (χ3v) is 3.42. The van der Waals surface area contributed by atoms with Gasteiger partial charge in [0.1, 0.15) is 0 Å². The molecular formula is C20H29N.